The van der Waals surface area contributed by atoms with Crippen molar-refractivity contribution in [2.45, 2.75) is 33.4 Å². The number of nitrogen functional groups attached to an aromatic ring is 1. The molecule has 0 spiro atoms. The number of aryl methyl sites for hydroxylation is 1. The lowest BCUT2D eigenvalue weighted by molar-refractivity contribution is 0.244. The van der Waals surface area contributed by atoms with E-state index in [9.17, 15) is 0 Å². The summed E-state index contributed by atoms with van der Waals surface area (Å²) in [5, 5.41) is 0. The minimum absolute atomic E-state index is 0.106. The van der Waals surface area contributed by atoms with Crippen molar-refractivity contribution in [2.24, 2.45) is 0 Å². The Kier molecular flexibility index (Phi) is 4.23. The summed E-state index contributed by atoms with van der Waals surface area (Å²) < 4.78 is 11.0. The maximum Gasteiger partial charge on any atom is 0.144 e. The van der Waals surface area contributed by atoms with Gasteiger partial charge in [0.05, 0.1) is 23.7 Å². The van der Waals surface area contributed by atoms with E-state index in [1.54, 1.807) is 6.26 Å². The summed E-state index contributed by atoms with van der Waals surface area (Å²) in [5.74, 6) is 1.67. The summed E-state index contributed by atoms with van der Waals surface area (Å²) in [7, 11) is 2.01. The zero-order chi connectivity index (χ0) is 14.7. The van der Waals surface area contributed by atoms with E-state index in [2.05, 4.69) is 4.90 Å². The molecule has 4 heteroatoms. The van der Waals surface area contributed by atoms with Crippen LogP contribution in [-0.4, -0.2) is 13.2 Å². The van der Waals surface area contributed by atoms with Crippen molar-refractivity contribution in [2.75, 3.05) is 17.7 Å². The van der Waals surface area contributed by atoms with Crippen molar-refractivity contribution >= 4 is 11.4 Å². The number of furan rings is 1. The van der Waals surface area contributed by atoms with Gasteiger partial charge in [0.1, 0.15) is 11.5 Å². The number of rotatable bonds is 5. The van der Waals surface area contributed by atoms with Gasteiger partial charge in [-0.1, -0.05) is 6.07 Å². The van der Waals surface area contributed by atoms with Gasteiger partial charge in [-0.3, -0.25) is 0 Å². The Morgan fingerprint density at radius 1 is 1.30 bits per heavy atom. The zero-order valence-electron chi connectivity index (χ0n) is 12.5. The van der Waals surface area contributed by atoms with Crippen molar-refractivity contribution in [3.8, 4) is 5.75 Å². The Bertz CT molecular complexity index is 576. The van der Waals surface area contributed by atoms with Crippen LogP contribution in [0.5, 0.6) is 5.75 Å². The lowest BCUT2D eigenvalue weighted by Gasteiger charge is -2.23. The second-order valence-corrected chi connectivity index (χ2v) is 5.21. The lowest BCUT2D eigenvalue weighted by Crippen LogP contribution is -2.18. The SMILES string of the molecule is Cc1occc1CN(C)c1cccc(OC(C)C)c1N. The topological polar surface area (TPSA) is 51.6 Å². The van der Waals surface area contributed by atoms with Crippen LogP contribution in [0.15, 0.2) is 34.9 Å². The number of para-hydroxylation sites is 1. The van der Waals surface area contributed by atoms with Gasteiger partial charge in [0.15, 0.2) is 0 Å². The summed E-state index contributed by atoms with van der Waals surface area (Å²) in [6.07, 6.45) is 1.81. The molecule has 0 aliphatic heterocycles. The molecule has 20 heavy (non-hydrogen) atoms. The maximum absolute atomic E-state index is 6.21. The lowest BCUT2D eigenvalue weighted by atomic mass is 10.2. The summed E-state index contributed by atoms with van der Waals surface area (Å²) >= 11 is 0. The van der Waals surface area contributed by atoms with Crippen LogP contribution in [0.4, 0.5) is 11.4 Å². The van der Waals surface area contributed by atoms with Crippen LogP contribution < -0.4 is 15.4 Å². The standard InChI is InChI=1S/C16H22N2O2/c1-11(2)20-15-7-5-6-14(16(15)17)18(4)10-13-8-9-19-12(13)3/h5-9,11H,10,17H2,1-4H3. The van der Waals surface area contributed by atoms with Crippen LogP contribution in [0, 0.1) is 6.92 Å². The van der Waals surface area contributed by atoms with E-state index in [0.29, 0.717) is 5.69 Å². The number of ether oxygens (including phenoxy) is 1. The molecular weight excluding hydrogens is 252 g/mol. The van der Waals surface area contributed by atoms with E-state index >= 15 is 0 Å². The molecule has 1 heterocycles. The monoisotopic (exact) mass is 274 g/mol. The summed E-state index contributed by atoms with van der Waals surface area (Å²) in [4.78, 5) is 2.10. The van der Waals surface area contributed by atoms with Gasteiger partial charge < -0.3 is 19.8 Å². The number of anilines is 2. The van der Waals surface area contributed by atoms with Crippen LogP contribution in [0.1, 0.15) is 25.2 Å². The predicted octanol–water partition coefficient (Wildman–Crippen LogP) is 3.59. The molecule has 4 nitrogen and oxygen atoms in total. The molecule has 0 amide bonds. The Labute approximate surface area is 120 Å². The van der Waals surface area contributed by atoms with Gasteiger partial charge in [0.2, 0.25) is 0 Å². The number of hydrogen-bond donors (Lipinski definition) is 1. The zero-order valence-corrected chi connectivity index (χ0v) is 12.5. The summed E-state index contributed by atoms with van der Waals surface area (Å²) in [6.45, 7) is 6.69. The summed E-state index contributed by atoms with van der Waals surface area (Å²) in [6, 6.07) is 7.84. The third-order valence-corrected chi connectivity index (χ3v) is 3.19. The molecule has 0 aliphatic rings. The molecule has 0 atom stereocenters. The van der Waals surface area contributed by atoms with Crippen LogP contribution in [0.2, 0.25) is 0 Å². The first-order valence-corrected chi connectivity index (χ1v) is 6.78. The molecule has 2 N–H and O–H groups in total. The highest BCUT2D eigenvalue weighted by molar-refractivity contribution is 5.73. The first kappa shape index (κ1) is 14.3. The van der Waals surface area contributed by atoms with Gasteiger partial charge in [-0.25, -0.2) is 0 Å². The molecule has 0 aliphatic carbocycles. The largest absolute Gasteiger partial charge is 0.489 e. The highest BCUT2D eigenvalue weighted by Gasteiger charge is 2.13. The molecule has 0 fully saturated rings. The minimum atomic E-state index is 0.106. The van der Waals surface area contributed by atoms with Crippen molar-refractivity contribution in [3.63, 3.8) is 0 Å². The molecule has 2 rings (SSSR count). The molecule has 2 aromatic rings. The third kappa shape index (κ3) is 3.07. The first-order valence-electron chi connectivity index (χ1n) is 6.78. The average molecular weight is 274 g/mol. The van der Waals surface area contributed by atoms with Gasteiger partial charge in [-0.15, -0.1) is 0 Å². The summed E-state index contributed by atoms with van der Waals surface area (Å²) in [5.41, 5.74) is 9.00. The fourth-order valence-electron chi connectivity index (χ4n) is 2.14. The molecule has 108 valence electrons. The van der Waals surface area contributed by atoms with Crippen LogP contribution in [0.3, 0.4) is 0 Å². The van der Waals surface area contributed by atoms with Gasteiger partial charge in [-0.05, 0) is 39.0 Å². The van der Waals surface area contributed by atoms with Crippen molar-refractivity contribution in [1.82, 2.24) is 0 Å². The van der Waals surface area contributed by atoms with E-state index in [-0.39, 0.29) is 6.10 Å². The normalized spacial score (nSPS) is 10.8. The maximum atomic E-state index is 6.21. The molecule has 1 aromatic carbocycles. The molecular formula is C16H22N2O2. The van der Waals surface area contributed by atoms with Gasteiger partial charge in [0.25, 0.3) is 0 Å². The smallest absolute Gasteiger partial charge is 0.144 e. The third-order valence-electron chi connectivity index (χ3n) is 3.19. The Hall–Kier alpha value is -2.10. The van der Waals surface area contributed by atoms with Crippen LogP contribution in [0.25, 0.3) is 0 Å². The van der Waals surface area contributed by atoms with Crippen molar-refractivity contribution in [1.29, 1.82) is 0 Å². The van der Waals surface area contributed by atoms with E-state index in [1.807, 2.05) is 52.1 Å². The molecule has 0 radical (unpaired) electrons. The Balaban J connectivity index is 2.21. The second-order valence-electron chi connectivity index (χ2n) is 5.21. The Morgan fingerprint density at radius 2 is 2.05 bits per heavy atom. The quantitative estimate of drug-likeness (QED) is 0.846. The van der Waals surface area contributed by atoms with Gasteiger partial charge in [0, 0.05) is 19.2 Å². The van der Waals surface area contributed by atoms with E-state index in [4.69, 9.17) is 14.9 Å². The fraction of sp³-hybridized carbons (Fsp3) is 0.375. The van der Waals surface area contributed by atoms with E-state index in [0.717, 1.165) is 29.3 Å². The molecule has 0 saturated heterocycles. The van der Waals surface area contributed by atoms with E-state index in [1.165, 1.54) is 0 Å². The van der Waals surface area contributed by atoms with Crippen molar-refractivity contribution in [3.05, 3.63) is 41.9 Å². The van der Waals surface area contributed by atoms with Gasteiger partial charge in [-0.2, -0.15) is 0 Å². The highest BCUT2D eigenvalue weighted by atomic mass is 16.5. The Morgan fingerprint density at radius 3 is 2.65 bits per heavy atom. The number of nitrogens with two attached hydrogens (primary N) is 1. The average Bonchev–Trinajstić information content (AvgIpc) is 2.77. The fourth-order valence-corrected chi connectivity index (χ4v) is 2.14. The number of hydrogen-bond acceptors (Lipinski definition) is 4. The highest BCUT2D eigenvalue weighted by Crippen LogP contribution is 2.33. The first-order chi connectivity index (χ1) is 9.49. The van der Waals surface area contributed by atoms with Crippen LogP contribution in [-0.2, 0) is 6.54 Å². The number of benzene rings is 1. The second kappa shape index (κ2) is 5.90. The number of nitrogens with zero attached hydrogens (tertiary/aromatic N) is 1. The van der Waals surface area contributed by atoms with Gasteiger partial charge >= 0.3 is 0 Å². The molecule has 0 bridgehead atoms. The molecule has 1 aromatic heterocycles. The molecule has 0 saturated carbocycles. The minimum Gasteiger partial charge on any atom is -0.489 e. The predicted molar refractivity (Wildman–Crippen MR) is 82.2 cm³/mol. The van der Waals surface area contributed by atoms with Crippen molar-refractivity contribution < 1.29 is 9.15 Å². The van der Waals surface area contributed by atoms with Crippen LogP contribution >= 0.6 is 0 Å². The molecule has 0 unspecified atom stereocenters. The van der Waals surface area contributed by atoms with E-state index < -0.39 is 0 Å².